The molecule has 0 fully saturated rings. The van der Waals surface area contributed by atoms with Gasteiger partial charge in [0.25, 0.3) is 0 Å². The van der Waals surface area contributed by atoms with Crippen molar-refractivity contribution in [2.24, 2.45) is 4.99 Å². The Hall–Kier alpha value is -3.79. The fourth-order valence-corrected chi connectivity index (χ4v) is 3.00. The van der Waals surface area contributed by atoms with Crippen LogP contribution in [0.4, 0.5) is 11.4 Å². The van der Waals surface area contributed by atoms with Crippen molar-refractivity contribution >= 4 is 23.9 Å². The first-order valence-electron chi connectivity index (χ1n) is 11.6. The van der Waals surface area contributed by atoms with Gasteiger partial charge < -0.3 is 29.4 Å². The van der Waals surface area contributed by atoms with Crippen LogP contribution in [0, 0.1) is 0 Å². The molecule has 2 N–H and O–H groups in total. The van der Waals surface area contributed by atoms with Gasteiger partial charge in [-0.15, -0.1) is 0 Å². The maximum absolute atomic E-state index is 10.9. The molecule has 1 aromatic heterocycles. The molecule has 0 aliphatic heterocycles. The van der Waals surface area contributed by atoms with Crippen molar-refractivity contribution in [3.05, 3.63) is 78.1 Å². The van der Waals surface area contributed by atoms with E-state index in [4.69, 9.17) is 29.4 Å². The number of ether oxygens (including phenoxy) is 5. The third-order valence-electron chi connectivity index (χ3n) is 4.75. The third kappa shape index (κ3) is 9.83. The molecule has 1 heterocycles. The van der Waals surface area contributed by atoms with Crippen LogP contribution >= 0.6 is 0 Å². The molecule has 0 saturated heterocycles. The summed E-state index contributed by atoms with van der Waals surface area (Å²) in [6, 6.07) is 20.0. The summed E-state index contributed by atoms with van der Waals surface area (Å²) < 4.78 is 27.9. The molecule has 9 heteroatoms. The number of carbonyl (C=O) groups is 1. The molecule has 0 amide bonds. The number of aldehydes is 1. The number of anilines is 1. The number of carbonyl (C=O) groups excluding carboxylic acids is 1. The van der Waals surface area contributed by atoms with Crippen molar-refractivity contribution in [2.75, 3.05) is 58.6 Å². The van der Waals surface area contributed by atoms with Gasteiger partial charge in [-0.05, 0) is 36.4 Å². The lowest BCUT2D eigenvalue weighted by atomic mass is 10.3. The number of benzene rings is 2. The van der Waals surface area contributed by atoms with Gasteiger partial charge in [0, 0.05) is 0 Å². The molecule has 0 radical (unpaired) electrons. The van der Waals surface area contributed by atoms with E-state index < -0.39 is 0 Å². The molecule has 3 aromatic rings. The zero-order valence-corrected chi connectivity index (χ0v) is 20.1. The first kappa shape index (κ1) is 26.8. The van der Waals surface area contributed by atoms with Crippen LogP contribution in [-0.4, -0.2) is 70.3 Å². The van der Waals surface area contributed by atoms with Gasteiger partial charge in [-0.1, -0.05) is 30.3 Å². The summed E-state index contributed by atoms with van der Waals surface area (Å²) in [4.78, 5) is 19.5. The average molecular weight is 494 g/mol. The Morgan fingerprint density at radius 2 is 1.22 bits per heavy atom. The minimum absolute atomic E-state index is 0.358. The SMILES string of the molecule is Nc1ccccc1OCCOCCOCCOCCOc1ccccc1N=Cc1cccc(C=O)n1. The van der Waals surface area contributed by atoms with Gasteiger partial charge in [0.2, 0.25) is 0 Å². The Balaban J connectivity index is 1.21. The Bertz CT molecular complexity index is 1090. The summed E-state index contributed by atoms with van der Waals surface area (Å²) in [5.41, 5.74) is 8.04. The van der Waals surface area contributed by atoms with Gasteiger partial charge in [-0.25, -0.2) is 4.98 Å². The molecule has 0 bridgehead atoms. The van der Waals surface area contributed by atoms with E-state index in [0.29, 0.717) is 93.4 Å². The number of hydrogen-bond donors (Lipinski definition) is 1. The van der Waals surface area contributed by atoms with Crippen molar-refractivity contribution in [2.45, 2.75) is 0 Å². The van der Waals surface area contributed by atoms with Crippen LogP contribution in [0.2, 0.25) is 0 Å². The zero-order chi connectivity index (χ0) is 25.3. The highest BCUT2D eigenvalue weighted by Crippen LogP contribution is 2.26. The average Bonchev–Trinajstić information content (AvgIpc) is 2.91. The van der Waals surface area contributed by atoms with E-state index in [9.17, 15) is 4.79 Å². The fraction of sp³-hybridized carbons (Fsp3) is 0.296. The quantitative estimate of drug-likeness (QED) is 0.131. The minimum atomic E-state index is 0.358. The van der Waals surface area contributed by atoms with Crippen LogP contribution in [0.1, 0.15) is 16.2 Å². The lowest BCUT2D eigenvalue weighted by molar-refractivity contribution is 0.00505. The van der Waals surface area contributed by atoms with E-state index in [2.05, 4.69) is 9.98 Å². The number of nitrogens with two attached hydrogens (primary N) is 1. The predicted octanol–water partition coefficient (Wildman–Crippen LogP) is 3.73. The second-order valence-corrected chi connectivity index (χ2v) is 7.40. The van der Waals surface area contributed by atoms with Crippen LogP contribution < -0.4 is 15.2 Å². The summed E-state index contributed by atoms with van der Waals surface area (Å²) in [5.74, 6) is 1.30. The van der Waals surface area contributed by atoms with E-state index in [-0.39, 0.29) is 0 Å². The largest absolute Gasteiger partial charge is 0.489 e. The van der Waals surface area contributed by atoms with Gasteiger partial charge >= 0.3 is 0 Å². The fourth-order valence-electron chi connectivity index (χ4n) is 3.00. The predicted molar refractivity (Wildman–Crippen MR) is 138 cm³/mol. The molecule has 0 aliphatic carbocycles. The van der Waals surface area contributed by atoms with Gasteiger partial charge in [0.15, 0.2) is 6.29 Å². The molecule has 36 heavy (non-hydrogen) atoms. The van der Waals surface area contributed by atoms with Crippen LogP contribution in [0.5, 0.6) is 11.5 Å². The monoisotopic (exact) mass is 493 g/mol. The van der Waals surface area contributed by atoms with Crippen LogP contribution in [0.25, 0.3) is 0 Å². The van der Waals surface area contributed by atoms with Crippen molar-refractivity contribution in [3.63, 3.8) is 0 Å². The molecular weight excluding hydrogens is 462 g/mol. The number of aromatic nitrogens is 1. The summed E-state index contributed by atoms with van der Waals surface area (Å²) >= 11 is 0. The first-order valence-corrected chi connectivity index (χ1v) is 11.6. The molecule has 0 saturated carbocycles. The van der Waals surface area contributed by atoms with Crippen LogP contribution in [0.3, 0.4) is 0 Å². The molecule has 0 aliphatic rings. The topological polar surface area (TPSA) is 114 Å². The standard InChI is InChI=1S/C27H31N3O6/c28-24-8-1-3-10-26(24)35-18-16-33-14-12-32-13-15-34-17-19-36-27-11-4-2-9-25(27)29-20-22-6-5-7-23(21-31)30-22/h1-11,20-21H,12-19,28H2. The second-order valence-electron chi connectivity index (χ2n) is 7.40. The normalized spacial score (nSPS) is 11.0. The Labute approximate surface area is 210 Å². The molecule has 9 nitrogen and oxygen atoms in total. The number of aliphatic imine (C=N–C) groups is 1. The summed E-state index contributed by atoms with van der Waals surface area (Å²) in [5, 5.41) is 0. The highest BCUT2D eigenvalue weighted by Gasteiger charge is 2.02. The molecule has 0 unspecified atom stereocenters. The lowest BCUT2D eigenvalue weighted by Gasteiger charge is -2.10. The summed E-state index contributed by atoms with van der Waals surface area (Å²) in [6.07, 6.45) is 2.30. The smallest absolute Gasteiger partial charge is 0.168 e. The van der Waals surface area contributed by atoms with Crippen LogP contribution in [-0.2, 0) is 14.2 Å². The van der Waals surface area contributed by atoms with E-state index in [0.717, 1.165) is 0 Å². The number of nitrogens with zero attached hydrogens (tertiary/aromatic N) is 2. The molecule has 0 atom stereocenters. The van der Waals surface area contributed by atoms with E-state index in [1.807, 2.05) is 42.5 Å². The van der Waals surface area contributed by atoms with E-state index in [1.165, 1.54) is 0 Å². The van der Waals surface area contributed by atoms with E-state index in [1.54, 1.807) is 30.5 Å². The number of pyridine rings is 1. The highest BCUT2D eigenvalue weighted by molar-refractivity contribution is 5.82. The summed E-state index contributed by atoms with van der Waals surface area (Å²) in [7, 11) is 0. The van der Waals surface area contributed by atoms with Crippen LogP contribution in [0.15, 0.2) is 71.7 Å². The highest BCUT2D eigenvalue weighted by atomic mass is 16.6. The minimum Gasteiger partial charge on any atom is -0.489 e. The number of rotatable bonds is 17. The summed E-state index contributed by atoms with van der Waals surface area (Å²) in [6.45, 7) is 3.55. The molecule has 3 rings (SSSR count). The van der Waals surface area contributed by atoms with Crippen molar-refractivity contribution < 1.29 is 28.5 Å². The van der Waals surface area contributed by atoms with Crippen molar-refractivity contribution in [1.29, 1.82) is 0 Å². The number of nitrogen functional groups attached to an aromatic ring is 1. The molecular formula is C27H31N3O6. The second kappa shape index (κ2) is 16.0. The maximum atomic E-state index is 10.9. The maximum Gasteiger partial charge on any atom is 0.168 e. The molecule has 2 aromatic carbocycles. The first-order chi connectivity index (χ1) is 17.8. The van der Waals surface area contributed by atoms with Gasteiger partial charge in [0.1, 0.15) is 36.1 Å². The Kier molecular flexibility index (Phi) is 11.9. The molecule has 0 spiro atoms. The van der Waals surface area contributed by atoms with Crippen molar-refractivity contribution in [3.8, 4) is 11.5 Å². The third-order valence-corrected chi connectivity index (χ3v) is 4.75. The Morgan fingerprint density at radius 1 is 0.667 bits per heavy atom. The number of para-hydroxylation sites is 4. The van der Waals surface area contributed by atoms with Gasteiger partial charge in [0.05, 0.1) is 57.2 Å². The van der Waals surface area contributed by atoms with Crippen molar-refractivity contribution in [1.82, 2.24) is 4.98 Å². The zero-order valence-electron chi connectivity index (χ0n) is 20.1. The van der Waals surface area contributed by atoms with E-state index >= 15 is 0 Å². The Morgan fingerprint density at radius 3 is 1.89 bits per heavy atom. The van der Waals surface area contributed by atoms with Gasteiger partial charge in [-0.2, -0.15) is 0 Å². The number of hydrogen-bond acceptors (Lipinski definition) is 9. The molecule has 190 valence electrons. The lowest BCUT2D eigenvalue weighted by Crippen LogP contribution is -2.14. The van der Waals surface area contributed by atoms with Gasteiger partial charge in [-0.3, -0.25) is 9.79 Å².